The number of amides is 1. The third-order valence-electron chi connectivity index (χ3n) is 6.27. The summed E-state index contributed by atoms with van der Waals surface area (Å²) in [4.78, 5) is 30.2. The summed E-state index contributed by atoms with van der Waals surface area (Å²) in [5.41, 5.74) is 6.37. The molecule has 1 amide bonds. The predicted octanol–water partition coefficient (Wildman–Crippen LogP) is 4.25. The van der Waals surface area contributed by atoms with Gasteiger partial charge >= 0.3 is 0 Å². The van der Waals surface area contributed by atoms with Crippen molar-refractivity contribution in [2.75, 3.05) is 18.9 Å². The lowest BCUT2D eigenvalue weighted by Gasteiger charge is -2.16. The Hall–Kier alpha value is -3.91. The van der Waals surface area contributed by atoms with Crippen molar-refractivity contribution in [1.29, 1.82) is 0 Å². The Morgan fingerprint density at radius 1 is 1.18 bits per heavy atom. The molecule has 1 aliphatic heterocycles. The van der Waals surface area contributed by atoms with Crippen molar-refractivity contribution < 1.29 is 9.53 Å². The van der Waals surface area contributed by atoms with E-state index in [1.807, 2.05) is 31.3 Å². The molecule has 0 aliphatic carbocycles. The Morgan fingerprint density at radius 2 is 2.06 bits per heavy atom. The number of nitrogens with one attached hydrogen (secondary N) is 2. The van der Waals surface area contributed by atoms with Gasteiger partial charge in [-0.05, 0) is 24.6 Å². The minimum Gasteiger partial charge on any atom is -0.369 e. The summed E-state index contributed by atoms with van der Waals surface area (Å²) in [6.45, 7) is 5.36. The maximum Gasteiger partial charge on any atom is 0.251 e. The van der Waals surface area contributed by atoms with Crippen LogP contribution in [0.25, 0.3) is 22.2 Å². The maximum absolute atomic E-state index is 12.3. The lowest BCUT2D eigenvalue weighted by Crippen LogP contribution is -2.18. The van der Waals surface area contributed by atoms with Gasteiger partial charge in [-0.3, -0.25) is 14.8 Å². The number of carbonyl (C=O) groups excluding carboxylic acids is 1. The van der Waals surface area contributed by atoms with Gasteiger partial charge in [-0.2, -0.15) is 0 Å². The molecule has 4 heterocycles. The first-order valence-corrected chi connectivity index (χ1v) is 11.3. The second kappa shape index (κ2) is 9.15. The van der Waals surface area contributed by atoms with Gasteiger partial charge in [-0.15, -0.1) is 0 Å². The number of benzene rings is 1. The van der Waals surface area contributed by atoms with Gasteiger partial charge in [0.1, 0.15) is 12.1 Å². The fraction of sp³-hybridized carbons (Fsp3) is 0.269. The molecule has 0 fully saturated rings. The van der Waals surface area contributed by atoms with E-state index in [1.54, 1.807) is 25.6 Å². The number of rotatable bonds is 6. The first-order valence-electron chi connectivity index (χ1n) is 11.3. The molecule has 0 spiro atoms. The largest absolute Gasteiger partial charge is 0.369 e. The number of para-hydroxylation sites is 1. The second-order valence-corrected chi connectivity index (χ2v) is 8.46. The fourth-order valence-corrected chi connectivity index (χ4v) is 4.33. The molecule has 4 aromatic rings. The minimum atomic E-state index is -0.120. The summed E-state index contributed by atoms with van der Waals surface area (Å²) in [6, 6.07) is 11.7. The predicted molar refractivity (Wildman–Crippen MR) is 131 cm³/mol. The molecule has 0 saturated carbocycles. The average Bonchev–Trinajstić information content (AvgIpc) is 3.26. The summed E-state index contributed by atoms with van der Waals surface area (Å²) < 4.78 is 5.67. The Kier molecular flexibility index (Phi) is 5.90. The van der Waals surface area contributed by atoms with Crippen molar-refractivity contribution in [3.05, 3.63) is 77.5 Å². The molecular weight excluding hydrogens is 428 g/mol. The van der Waals surface area contributed by atoms with Crippen LogP contribution in [-0.2, 0) is 11.3 Å². The van der Waals surface area contributed by atoms with Gasteiger partial charge in [-0.25, -0.2) is 9.97 Å². The van der Waals surface area contributed by atoms with Crippen LogP contribution in [0.1, 0.15) is 53.0 Å². The van der Waals surface area contributed by atoms with E-state index in [0.717, 1.165) is 44.8 Å². The normalized spacial score (nSPS) is 15.7. The zero-order chi connectivity index (χ0) is 23.7. The Morgan fingerprint density at radius 3 is 2.91 bits per heavy atom. The molecule has 5 rings (SSSR count). The number of fused-ring (bicyclic) bond motifs is 2. The standard InChI is InChI=1S/C26H26N6O2/c1-15(18-5-4-6-19-20(26(33)27-3)7-8-28-25(18)19)11-30-24-10-22(31-14-32-24)17-9-21-16(2)34-13-23(21)29-12-17/h4-10,12,14-16H,11,13H2,1-3H3,(H,27,33)(H,30,31,32)/t15?,16-/m1/s1. The van der Waals surface area contributed by atoms with Gasteiger partial charge in [0.2, 0.25) is 0 Å². The highest BCUT2D eigenvalue weighted by Crippen LogP contribution is 2.32. The molecule has 8 nitrogen and oxygen atoms in total. The summed E-state index contributed by atoms with van der Waals surface area (Å²) in [5.74, 6) is 0.751. The number of nitrogens with zero attached hydrogens (tertiary/aromatic N) is 4. The summed E-state index contributed by atoms with van der Waals surface area (Å²) >= 11 is 0. The summed E-state index contributed by atoms with van der Waals surface area (Å²) in [5, 5.41) is 6.97. The number of hydrogen-bond acceptors (Lipinski definition) is 7. The Labute approximate surface area is 197 Å². The first-order chi connectivity index (χ1) is 16.5. The van der Waals surface area contributed by atoms with Crippen LogP contribution in [0, 0.1) is 0 Å². The van der Waals surface area contributed by atoms with Crippen LogP contribution in [0.15, 0.2) is 55.1 Å². The van der Waals surface area contributed by atoms with Crippen molar-refractivity contribution in [3.8, 4) is 11.3 Å². The third-order valence-corrected chi connectivity index (χ3v) is 6.27. The van der Waals surface area contributed by atoms with Crippen molar-refractivity contribution in [1.82, 2.24) is 25.3 Å². The van der Waals surface area contributed by atoms with Crippen LogP contribution in [0.3, 0.4) is 0 Å². The van der Waals surface area contributed by atoms with E-state index in [9.17, 15) is 4.79 Å². The van der Waals surface area contributed by atoms with Crippen LogP contribution in [0.4, 0.5) is 5.82 Å². The number of carbonyl (C=O) groups is 1. The number of pyridine rings is 2. The molecule has 2 N–H and O–H groups in total. The van der Waals surface area contributed by atoms with Gasteiger partial charge in [0.15, 0.2) is 0 Å². The molecule has 1 aliphatic rings. The average molecular weight is 455 g/mol. The van der Waals surface area contributed by atoms with E-state index in [0.29, 0.717) is 18.7 Å². The van der Waals surface area contributed by atoms with Crippen molar-refractivity contribution in [2.45, 2.75) is 32.5 Å². The highest BCUT2D eigenvalue weighted by molar-refractivity contribution is 6.06. The molecule has 172 valence electrons. The van der Waals surface area contributed by atoms with Gasteiger partial charge in [0, 0.05) is 54.5 Å². The van der Waals surface area contributed by atoms with E-state index in [4.69, 9.17) is 4.74 Å². The van der Waals surface area contributed by atoms with Crippen LogP contribution in [0.5, 0.6) is 0 Å². The van der Waals surface area contributed by atoms with Crippen molar-refractivity contribution in [2.24, 2.45) is 0 Å². The second-order valence-electron chi connectivity index (χ2n) is 8.46. The van der Waals surface area contributed by atoms with E-state index in [2.05, 4.69) is 49.6 Å². The zero-order valence-electron chi connectivity index (χ0n) is 19.4. The highest BCUT2D eigenvalue weighted by Gasteiger charge is 2.21. The van der Waals surface area contributed by atoms with Crippen LogP contribution in [0.2, 0.25) is 0 Å². The molecule has 8 heteroatoms. The molecule has 0 bridgehead atoms. The van der Waals surface area contributed by atoms with E-state index >= 15 is 0 Å². The molecule has 0 saturated heterocycles. The number of hydrogen-bond donors (Lipinski definition) is 2. The number of anilines is 1. The number of aromatic nitrogens is 4. The van der Waals surface area contributed by atoms with Crippen LogP contribution in [-0.4, -0.2) is 39.4 Å². The SMILES string of the molecule is CNC(=O)c1ccnc2c(C(C)CNc3cc(-c4cnc5c(c4)[C@@H](C)OC5)ncn3)cccc12. The molecule has 1 unspecified atom stereocenters. The Bertz CT molecular complexity index is 1370. The highest BCUT2D eigenvalue weighted by atomic mass is 16.5. The molecule has 3 aromatic heterocycles. The zero-order valence-corrected chi connectivity index (χ0v) is 19.4. The maximum atomic E-state index is 12.3. The smallest absolute Gasteiger partial charge is 0.251 e. The lowest BCUT2D eigenvalue weighted by atomic mass is 9.96. The molecular formula is C26H26N6O2. The topological polar surface area (TPSA) is 102 Å². The van der Waals surface area contributed by atoms with Gasteiger partial charge in [0.05, 0.1) is 35.2 Å². The van der Waals surface area contributed by atoms with Gasteiger partial charge in [0.25, 0.3) is 5.91 Å². The first kappa shape index (κ1) is 21.9. The summed E-state index contributed by atoms with van der Waals surface area (Å²) in [7, 11) is 1.63. The third kappa shape index (κ3) is 4.08. The summed E-state index contributed by atoms with van der Waals surface area (Å²) in [6.07, 6.45) is 5.12. The lowest BCUT2D eigenvalue weighted by molar-refractivity contribution is 0.0787. The van der Waals surface area contributed by atoms with Crippen LogP contribution < -0.4 is 10.6 Å². The van der Waals surface area contributed by atoms with Crippen molar-refractivity contribution >= 4 is 22.6 Å². The van der Waals surface area contributed by atoms with E-state index in [1.165, 1.54) is 0 Å². The molecule has 1 aromatic carbocycles. The molecule has 2 atom stereocenters. The van der Waals surface area contributed by atoms with Crippen molar-refractivity contribution in [3.63, 3.8) is 0 Å². The fourth-order valence-electron chi connectivity index (χ4n) is 4.33. The van der Waals surface area contributed by atoms with E-state index < -0.39 is 0 Å². The molecule has 34 heavy (non-hydrogen) atoms. The Balaban J connectivity index is 1.36. The number of ether oxygens (including phenoxy) is 1. The monoisotopic (exact) mass is 454 g/mol. The van der Waals surface area contributed by atoms with Gasteiger partial charge < -0.3 is 15.4 Å². The minimum absolute atomic E-state index is 0.0426. The van der Waals surface area contributed by atoms with Gasteiger partial charge in [-0.1, -0.05) is 25.1 Å². The van der Waals surface area contributed by atoms with Crippen LogP contribution >= 0.6 is 0 Å². The molecule has 0 radical (unpaired) electrons. The quantitative estimate of drug-likeness (QED) is 0.449. The van der Waals surface area contributed by atoms with E-state index in [-0.39, 0.29) is 17.9 Å².